The van der Waals surface area contributed by atoms with Crippen molar-refractivity contribution in [3.63, 3.8) is 0 Å². The lowest BCUT2D eigenvalue weighted by Crippen LogP contribution is -2.01. The highest BCUT2D eigenvalue weighted by Crippen LogP contribution is 1.89. The highest BCUT2D eigenvalue weighted by atomic mass is 14.6. The Hall–Kier alpha value is -0.760. The Morgan fingerprint density at radius 1 is 1.62 bits per heavy atom. The first kappa shape index (κ1) is 7.24. The monoisotopic (exact) mass is 112 g/mol. The SMILES string of the molecule is C=CCC(N)=CCN. The van der Waals surface area contributed by atoms with Crippen LogP contribution in [-0.2, 0) is 0 Å². The van der Waals surface area contributed by atoms with Crippen LogP contribution in [0.2, 0.25) is 0 Å². The van der Waals surface area contributed by atoms with E-state index in [2.05, 4.69) is 6.58 Å². The van der Waals surface area contributed by atoms with Crippen molar-refractivity contribution in [1.29, 1.82) is 0 Å². The van der Waals surface area contributed by atoms with Crippen molar-refractivity contribution in [2.45, 2.75) is 6.42 Å². The van der Waals surface area contributed by atoms with E-state index in [-0.39, 0.29) is 0 Å². The maximum Gasteiger partial charge on any atom is 0.0126 e. The predicted molar refractivity (Wildman–Crippen MR) is 36.1 cm³/mol. The molecule has 0 amide bonds. The molecule has 0 atom stereocenters. The van der Waals surface area contributed by atoms with Gasteiger partial charge >= 0.3 is 0 Å². The minimum atomic E-state index is 0.514. The standard InChI is InChI=1S/C6H12N2/c1-2-3-6(8)4-5-7/h2,4H,1,3,5,7-8H2. The topological polar surface area (TPSA) is 52.0 Å². The number of hydrogen-bond donors (Lipinski definition) is 2. The second kappa shape index (κ2) is 4.40. The molecule has 0 unspecified atom stereocenters. The van der Waals surface area contributed by atoms with E-state index in [1.54, 1.807) is 12.2 Å². The van der Waals surface area contributed by atoms with Crippen molar-refractivity contribution in [1.82, 2.24) is 0 Å². The summed E-state index contributed by atoms with van der Waals surface area (Å²) in [5, 5.41) is 0. The molecule has 0 radical (unpaired) electrons. The molecular weight excluding hydrogens is 100 g/mol. The Bertz CT molecular complexity index is 94.7. The summed E-state index contributed by atoms with van der Waals surface area (Å²) in [5.74, 6) is 0. The Labute approximate surface area is 49.9 Å². The van der Waals surface area contributed by atoms with Gasteiger partial charge in [-0.15, -0.1) is 6.58 Å². The molecule has 0 saturated carbocycles. The highest BCUT2D eigenvalue weighted by Gasteiger charge is 1.79. The van der Waals surface area contributed by atoms with Gasteiger partial charge in [-0.2, -0.15) is 0 Å². The molecule has 0 aliphatic heterocycles. The Morgan fingerprint density at radius 2 is 2.25 bits per heavy atom. The Kier molecular flexibility index (Phi) is 3.98. The van der Waals surface area contributed by atoms with Gasteiger partial charge in [0.25, 0.3) is 0 Å². The van der Waals surface area contributed by atoms with E-state index >= 15 is 0 Å². The molecule has 2 nitrogen and oxygen atoms in total. The second-order valence-corrected chi connectivity index (χ2v) is 1.51. The minimum Gasteiger partial charge on any atom is -0.402 e. The second-order valence-electron chi connectivity index (χ2n) is 1.51. The first-order valence-electron chi connectivity index (χ1n) is 2.56. The molecule has 2 heteroatoms. The van der Waals surface area contributed by atoms with Crippen LogP contribution in [0.15, 0.2) is 24.4 Å². The van der Waals surface area contributed by atoms with E-state index in [9.17, 15) is 0 Å². The lowest BCUT2D eigenvalue weighted by Gasteiger charge is -1.91. The molecule has 8 heavy (non-hydrogen) atoms. The Morgan fingerprint density at radius 3 is 2.62 bits per heavy atom. The van der Waals surface area contributed by atoms with E-state index in [1.807, 2.05) is 0 Å². The summed E-state index contributed by atoms with van der Waals surface area (Å²) in [4.78, 5) is 0. The highest BCUT2D eigenvalue weighted by molar-refractivity contribution is 5.01. The summed E-state index contributed by atoms with van der Waals surface area (Å²) in [6.07, 6.45) is 4.26. The zero-order valence-electron chi connectivity index (χ0n) is 4.93. The van der Waals surface area contributed by atoms with Crippen LogP contribution in [0, 0.1) is 0 Å². The van der Waals surface area contributed by atoms with Crippen molar-refractivity contribution < 1.29 is 0 Å². The number of allylic oxidation sites excluding steroid dienone is 1. The summed E-state index contributed by atoms with van der Waals surface area (Å²) in [6, 6.07) is 0. The zero-order chi connectivity index (χ0) is 6.41. The average molecular weight is 112 g/mol. The molecular formula is C6H12N2. The lowest BCUT2D eigenvalue weighted by atomic mass is 10.3. The summed E-state index contributed by atoms with van der Waals surface area (Å²) < 4.78 is 0. The Balaban J connectivity index is 3.44. The van der Waals surface area contributed by atoms with Crippen molar-refractivity contribution in [3.8, 4) is 0 Å². The van der Waals surface area contributed by atoms with E-state index in [1.165, 1.54) is 0 Å². The van der Waals surface area contributed by atoms with Crippen LogP contribution in [0.5, 0.6) is 0 Å². The van der Waals surface area contributed by atoms with Gasteiger partial charge in [0.1, 0.15) is 0 Å². The molecule has 0 rings (SSSR count). The van der Waals surface area contributed by atoms with Crippen LogP contribution in [-0.4, -0.2) is 6.54 Å². The first-order chi connectivity index (χ1) is 3.81. The van der Waals surface area contributed by atoms with Gasteiger partial charge in [0.2, 0.25) is 0 Å². The van der Waals surface area contributed by atoms with E-state index in [0.717, 1.165) is 12.1 Å². The van der Waals surface area contributed by atoms with Crippen LogP contribution >= 0.6 is 0 Å². The molecule has 0 aromatic carbocycles. The number of hydrogen-bond acceptors (Lipinski definition) is 2. The predicted octanol–water partition coefficient (Wildman–Crippen LogP) is 0.364. The first-order valence-corrected chi connectivity index (χ1v) is 2.56. The molecule has 0 fully saturated rings. The number of nitrogens with two attached hydrogens (primary N) is 2. The van der Waals surface area contributed by atoms with Crippen LogP contribution < -0.4 is 11.5 Å². The largest absolute Gasteiger partial charge is 0.402 e. The quantitative estimate of drug-likeness (QED) is 0.518. The smallest absolute Gasteiger partial charge is 0.0126 e. The van der Waals surface area contributed by atoms with Crippen molar-refractivity contribution in [2.75, 3.05) is 6.54 Å². The van der Waals surface area contributed by atoms with E-state index in [4.69, 9.17) is 11.5 Å². The molecule has 0 saturated heterocycles. The van der Waals surface area contributed by atoms with Gasteiger partial charge in [-0.25, -0.2) is 0 Å². The van der Waals surface area contributed by atoms with Gasteiger partial charge in [0.05, 0.1) is 0 Å². The normalized spacial score (nSPS) is 11.4. The molecule has 46 valence electrons. The van der Waals surface area contributed by atoms with Crippen LogP contribution in [0.1, 0.15) is 6.42 Å². The van der Waals surface area contributed by atoms with Crippen LogP contribution in [0.25, 0.3) is 0 Å². The van der Waals surface area contributed by atoms with Crippen molar-refractivity contribution in [3.05, 3.63) is 24.4 Å². The van der Waals surface area contributed by atoms with Gasteiger partial charge in [-0.1, -0.05) is 12.2 Å². The van der Waals surface area contributed by atoms with Gasteiger partial charge in [0.15, 0.2) is 0 Å². The summed E-state index contributed by atoms with van der Waals surface area (Å²) in [7, 11) is 0. The average Bonchev–Trinajstić information content (AvgIpc) is 1.68. The lowest BCUT2D eigenvalue weighted by molar-refractivity contribution is 1.11. The number of rotatable bonds is 3. The maximum atomic E-state index is 5.40. The summed E-state index contributed by atoms with van der Waals surface area (Å²) in [5.41, 5.74) is 11.4. The van der Waals surface area contributed by atoms with Gasteiger partial charge in [-0.3, -0.25) is 0 Å². The molecule has 0 aliphatic carbocycles. The third-order valence-electron chi connectivity index (χ3n) is 0.760. The molecule has 4 N–H and O–H groups in total. The van der Waals surface area contributed by atoms with Crippen LogP contribution in [0.3, 0.4) is 0 Å². The van der Waals surface area contributed by atoms with E-state index < -0.39 is 0 Å². The van der Waals surface area contributed by atoms with Crippen LogP contribution in [0.4, 0.5) is 0 Å². The van der Waals surface area contributed by atoms with E-state index in [0.29, 0.717) is 6.54 Å². The van der Waals surface area contributed by atoms with Gasteiger partial charge in [0, 0.05) is 18.7 Å². The summed E-state index contributed by atoms with van der Waals surface area (Å²) >= 11 is 0. The molecule has 0 aromatic heterocycles. The van der Waals surface area contributed by atoms with Crippen molar-refractivity contribution >= 4 is 0 Å². The minimum absolute atomic E-state index is 0.514. The fourth-order valence-electron chi connectivity index (χ4n) is 0.401. The molecule has 0 aliphatic rings. The summed E-state index contributed by atoms with van der Waals surface area (Å²) in [6.45, 7) is 4.03. The van der Waals surface area contributed by atoms with Gasteiger partial charge in [-0.05, 0) is 0 Å². The molecule has 0 aromatic rings. The third-order valence-corrected chi connectivity index (χ3v) is 0.760. The fourth-order valence-corrected chi connectivity index (χ4v) is 0.401. The maximum absolute atomic E-state index is 5.40. The fraction of sp³-hybridized carbons (Fsp3) is 0.333. The molecule has 0 spiro atoms. The molecule has 0 bridgehead atoms. The van der Waals surface area contributed by atoms with Gasteiger partial charge < -0.3 is 11.5 Å². The third kappa shape index (κ3) is 3.43. The van der Waals surface area contributed by atoms with Crippen molar-refractivity contribution in [2.24, 2.45) is 11.5 Å². The molecule has 0 heterocycles. The zero-order valence-corrected chi connectivity index (χ0v) is 4.93.